The number of carboxylic acid groups (broad SMARTS) is 1. The van der Waals surface area contributed by atoms with Gasteiger partial charge in [-0.05, 0) is 39.2 Å². The van der Waals surface area contributed by atoms with E-state index in [0.29, 0.717) is 0 Å². The van der Waals surface area contributed by atoms with Crippen LogP contribution in [0.3, 0.4) is 0 Å². The lowest BCUT2D eigenvalue weighted by Gasteiger charge is -2.22. The van der Waals surface area contributed by atoms with Gasteiger partial charge in [-0.1, -0.05) is 30.3 Å². The average molecular weight is 366 g/mol. The zero-order valence-corrected chi connectivity index (χ0v) is 15.2. The zero-order chi connectivity index (χ0) is 19.7. The van der Waals surface area contributed by atoms with E-state index in [1.54, 1.807) is 20.8 Å². The molecule has 0 fully saturated rings. The maximum Gasteiger partial charge on any atom is 0.408 e. The number of nitrogens with two attached hydrogens (primary N) is 1. The monoisotopic (exact) mass is 366 g/mol. The molecular weight excluding hydrogens is 340 g/mol. The maximum absolute atomic E-state index is 11.9. The summed E-state index contributed by atoms with van der Waals surface area (Å²) in [6.45, 7) is 5.09. The van der Waals surface area contributed by atoms with Gasteiger partial charge in [0.05, 0.1) is 0 Å². The van der Waals surface area contributed by atoms with E-state index in [-0.39, 0.29) is 19.4 Å². The summed E-state index contributed by atoms with van der Waals surface area (Å²) in [6, 6.07) is 6.92. The van der Waals surface area contributed by atoms with Crippen molar-refractivity contribution in [1.29, 1.82) is 0 Å². The summed E-state index contributed by atoms with van der Waals surface area (Å²) < 4.78 is 10.1. The fourth-order valence-electron chi connectivity index (χ4n) is 2.01. The third-order valence-electron chi connectivity index (χ3n) is 3.28. The van der Waals surface area contributed by atoms with Gasteiger partial charge in [0.2, 0.25) is 0 Å². The van der Waals surface area contributed by atoms with Gasteiger partial charge in [0.1, 0.15) is 24.3 Å². The molecule has 8 nitrogen and oxygen atoms in total. The molecule has 0 saturated carbocycles. The van der Waals surface area contributed by atoms with Gasteiger partial charge in [-0.3, -0.25) is 4.79 Å². The van der Waals surface area contributed by atoms with E-state index in [4.69, 9.17) is 15.2 Å². The third kappa shape index (κ3) is 8.48. The van der Waals surface area contributed by atoms with Crippen molar-refractivity contribution in [2.24, 2.45) is 5.73 Å². The Morgan fingerprint density at radius 2 is 1.77 bits per heavy atom. The summed E-state index contributed by atoms with van der Waals surface area (Å²) in [4.78, 5) is 34.9. The van der Waals surface area contributed by atoms with E-state index in [0.717, 1.165) is 5.56 Å². The molecule has 1 aromatic rings. The van der Waals surface area contributed by atoms with Crippen LogP contribution in [0.2, 0.25) is 0 Å². The van der Waals surface area contributed by atoms with Crippen molar-refractivity contribution in [3.05, 3.63) is 35.9 Å². The van der Waals surface area contributed by atoms with Crippen molar-refractivity contribution in [2.45, 2.75) is 57.9 Å². The lowest BCUT2D eigenvalue weighted by Crippen LogP contribution is -2.44. The van der Waals surface area contributed by atoms with Crippen molar-refractivity contribution in [3.63, 3.8) is 0 Å². The Morgan fingerprint density at radius 1 is 1.15 bits per heavy atom. The molecule has 1 aromatic carbocycles. The Bertz CT molecular complexity index is 612. The van der Waals surface area contributed by atoms with Gasteiger partial charge >= 0.3 is 18.0 Å². The second-order valence-electron chi connectivity index (χ2n) is 6.81. The fraction of sp³-hybridized carbons (Fsp3) is 0.500. The number of carbonyl (C=O) groups excluding carboxylic acids is 2. The summed E-state index contributed by atoms with van der Waals surface area (Å²) in [7, 11) is 0. The molecule has 2 atom stereocenters. The molecular formula is C18H26N2O6. The molecule has 1 amide bonds. The first-order valence-corrected chi connectivity index (χ1v) is 8.27. The standard InChI is InChI=1S/C18H26N2O6/c1-18(2,3)26-17(24)20-14(15(21)22)10-9-13(19)16(23)25-11-12-7-5-4-6-8-12/h4-8,13-14H,9-11,19H2,1-3H3,(H,20,24)(H,21,22)/t13?,14-/m0/s1. The van der Waals surface area contributed by atoms with Crippen LogP contribution in [0.25, 0.3) is 0 Å². The summed E-state index contributed by atoms with van der Waals surface area (Å²) >= 11 is 0. The molecule has 4 N–H and O–H groups in total. The Balaban J connectivity index is 2.45. The molecule has 0 heterocycles. The largest absolute Gasteiger partial charge is 0.480 e. The van der Waals surface area contributed by atoms with Crippen LogP contribution in [0.1, 0.15) is 39.2 Å². The fourth-order valence-corrected chi connectivity index (χ4v) is 2.01. The van der Waals surface area contributed by atoms with Crippen LogP contribution < -0.4 is 11.1 Å². The second-order valence-corrected chi connectivity index (χ2v) is 6.81. The van der Waals surface area contributed by atoms with Gasteiger partial charge in [-0.2, -0.15) is 0 Å². The van der Waals surface area contributed by atoms with E-state index in [2.05, 4.69) is 5.32 Å². The van der Waals surface area contributed by atoms with Crippen molar-refractivity contribution >= 4 is 18.0 Å². The van der Waals surface area contributed by atoms with Crippen LogP contribution in [0.4, 0.5) is 4.79 Å². The molecule has 0 aliphatic carbocycles. The van der Waals surface area contributed by atoms with Crippen LogP contribution in [0, 0.1) is 0 Å². The van der Waals surface area contributed by atoms with Gasteiger partial charge < -0.3 is 25.6 Å². The first-order valence-electron chi connectivity index (χ1n) is 8.27. The van der Waals surface area contributed by atoms with E-state index in [9.17, 15) is 19.5 Å². The zero-order valence-electron chi connectivity index (χ0n) is 15.2. The number of ether oxygens (including phenoxy) is 2. The first kappa shape index (κ1) is 21.4. The highest BCUT2D eigenvalue weighted by Gasteiger charge is 2.26. The first-order chi connectivity index (χ1) is 12.1. The molecule has 26 heavy (non-hydrogen) atoms. The van der Waals surface area contributed by atoms with Crippen LogP contribution >= 0.6 is 0 Å². The molecule has 0 saturated heterocycles. The molecule has 0 aliphatic heterocycles. The molecule has 0 spiro atoms. The minimum atomic E-state index is -1.24. The van der Waals surface area contributed by atoms with E-state index < -0.39 is 35.7 Å². The van der Waals surface area contributed by atoms with Crippen molar-refractivity contribution in [3.8, 4) is 0 Å². The quantitative estimate of drug-likeness (QED) is 0.599. The number of alkyl carbamates (subject to hydrolysis) is 1. The minimum Gasteiger partial charge on any atom is -0.480 e. The number of rotatable bonds is 8. The molecule has 144 valence electrons. The molecule has 0 aliphatic rings. The number of hydrogen-bond acceptors (Lipinski definition) is 6. The van der Waals surface area contributed by atoms with Crippen molar-refractivity contribution < 1.29 is 29.0 Å². The average Bonchev–Trinajstić information content (AvgIpc) is 2.55. The van der Waals surface area contributed by atoms with E-state index in [1.165, 1.54) is 0 Å². The topological polar surface area (TPSA) is 128 Å². The number of benzene rings is 1. The Kier molecular flexibility index (Phi) is 8.05. The Labute approximate surface area is 152 Å². The number of esters is 1. The highest BCUT2D eigenvalue weighted by Crippen LogP contribution is 2.09. The predicted molar refractivity (Wildman–Crippen MR) is 94.2 cm³/mol. The normalized spacial score (nSPS) is 13.4. The summed E-state index contributed by atoms with van der Waals surface area (Å²) in [5, 5.41) is 11.5. The number of hydrogen-bond donors (Lipinski definition) is 3. The van der Waals surface area contributed by atoms with Crippen molar-refractivity contribution in [2.75, 3.05) is 0 Å². The molecule has 1 unspecified atom stereocenters. The van der Waals surface area contributed by atoms with Gasteiger partial charge in [0.25, 0.3) is 0 Å². The molecule has 8 heteroatoms. The van der Waals surface area contributed by atoms with E-state index in [1.807, 2.05) is 30.3 Å². The molecule has 0 bridgehead atoms. The highest BCUT2D eigenvalue weighted by molar-refractivity contribution is 5.80. The minimum absolute atomic E-state index is 0.0316. The molecule has 1 rings (SSSR count). The highest BCUT2D eigenvalue weighted by atomic mass is 16.6. The van der Waals surface area contributed by atoms with Gasteiger partial charge in [-0.15, -0.1) is 0 Å². The number of carbonyl (C=O) groups is 3. The smallest absolute Gasteiger partial charge is 0.408 e. The molecule has 0 aromatic heterocycles. The lowest BCUT2D eigenvalue weighted by atomic mass is 10.1. The van der Waals surface area contributed by atoms with Crippen LogP contribution in [0.5, 0.6) is 0 Å². The lowest BCUT2D eigenvalue weighted by molar-refractivity contribution is -0.147. The summed E-state index contributed by atoms with van der Waals surface area (Å²) in [6.07, 6.45) is -0.832. The SMILES string of the molecule is CC(C)(C)OC(=O)N[C@@H](CCC(N)C(=O)OCc1ccccc1)C(=O)O. The molecule has 0 radical (unpaired) electrons. The number of amides is 1. The summed E-state index contributed by atoms with van der Waals surface area (Å²) in [5.74, 6) is -1.86. The van der Waals surface area contributed by atoms with Crippen LogP contribution in [-0.4, -0.2) is 40.8 Å². The van der Waals surface area contributed by atoms with Gasteiger partial charge in [-0.25, -0.2) is 9.59 Å². The van der Waals surface area contributed by atoms with Crippen LogP contribution in [0.15, 0.2) is 30.3 Å². The Hall–Kier alpha value is -2.61. The van der Waals surface area contributed by atoms with E-state index >= 15 is 0 Å². The summed E-state index contributed by atoms with van der Waals surface area (Å²) in [5.41, 5.74) is 5.83. The van der Waals surface area contributed by atoms with Crippen molar-refractivity contribution in [1.82, 2.24) is 5.32 Å². The number of nitrogens with one attached hydrogen (secondary N) is 1. The predicted octanol–water partition coefficient (Wildman–Crippen LogP) is 1.82. The van der Waals surface area contributed by atoms with Gasteiger partial charge in [0.15, 0.2) is 0 Å². The number of aliphatic carboxylic acids is 1. The van der Waals surface area contributed by atoms with Crippen LogP contribution in [-0.2, 0) is 25.7 Å². The Morgan fingerprint density at radius 3 is 2.31 bits per heavy atom. The number of carboxylic acids is 1. The van der Waals surface area contributed by atoms with Gasteiger partial charge in [0, 0.05) is 0 Å². The maximum atomic E-state index is 11.9. The third-order valence-corrected chi connectivity index (χ3v) is 3.28. The second kappa shape index (κ2) is 9.76.